The maximum absolute atomic E-state index is 6.45. The highest BCUT2D eigenvalue weighted by atomic mass is 35.5. The molecule has 2 nitrogen and oxygen atoms in total. The second kappa shape index (κ2) is 4.17. The average Bonchev–Trinajstić information content (AvgIpc) is 2.71. The lowest BCUT2D eigenvalue weighted by molar-refractivity contribution is 0.642. The van der Waals surface area contributed by atoms with Crippen LogP contribution in [-0.2, 0) is 0 Å². The van der Waals surface area contributed by atoms with E-state index in [1.54, 1.807) is 0 Å². The van der Waals surface area contributed by atoms with Crippen molar-refractivity contribution in [2.45, 2.75) is 26.8 Å². The molecule has 0 aliphatic rings. The largest absolute Gasteiger partial charge is 0.398 e. The summed E-state index contributed by atoms with van der Waals surface area (Å²) in [7, 11) is 0. The summed E-state index contributed by atoms with van der Waals surface area (Å²) < 4.78 is 2.29. The molecular weight excluding hydrogens is 256 g/mol. The van der Waals surface area contributed by atoms with Crippen molar-refractivity contribution in [3.8, 4) is 0 Å². The van der Waals surface area contributed by atoms with E-state index in [0.717, 1.165) is 21.8 Å². The van der Waals surface area contributed by atoms with Gasteiger partial charge in [0.05, 0.1) is 10.5 Å². The zero-order chi connectivity index (χ0) is 13.7. The number of aromatic nitrogens is 1. The summed E-state index contributed by atoms with van der Waals surface area (Å²) in [5, 5.41) is 3.12. The van der Waals surface area contributed by atoms with E-state index in [0.29, 0.717) is 6.04 Å². The number of benzene rings is 2. The van der Waals surface area contributed by atoms with Gasteiger partial charge in [-0.2, -0.15) is 0 Å². The van der Waals surface area contributed by atoms with Gasteiger partial charge in [-0.1, -0.05) is 29.8 Å². The minimum absolute atomic E-state index is 0.350. The molecule has 0 aliphatic heterocycles. The van der Waals surface area contributed by atoms with Gasteiger partial charge in [-0.25, -0.2) is 0 Å². The zero-order valence-electron chi connectivity index (χ0n) is 11.4. The zero-order valence-corrected chi connectivity index (χ0v) is 12.1. The van der Waals surface area contributed by atoms with Gasteiger partial charge < -0.3 is 10.3 Å². The minimum Gasteiger partial charge on any atom is -0.398 e. The Bertz CT molecular complexity index is 784. The fourth-order valence-corrected chi connectivity index (χ4v) is 3.17. The van der Waals surface area contributed by atoms with E-state index in [9.17, 15) is 0 Å². The molecule has 0 fully saturated rings. The van der Waals surface area contributed by atoms with Crippen LogP contribution < -0.4 is 5.73 Å². The number of fused-ring (bicyclic) bond motifs is 3. The summed E-state index contributed by atoms with van der Waals surface area (Å²) in [6.07, 6.45) is 0. The van der Waals surface area contributed by atoms with E-state index in [-0.39, 0.29) is 0 Å². The third kappa shape index (κ3) is 1.63. The van der Waals surface area contributed by atoms with Gasteiger partial charge in [0, 0.05) is 28.0 Å². The Morgan fingerprint density at radius 3 is 2.58 bits per heavy atom. The Labute approximate surface area is 117 Å². The molecule has 0 amide bonds. The predicted molar refractivity (Wildman–Crippen MR) is 84.0 cm³/mol. The third-order valence-corrected chi connectivity index (χ3v) is 4.03. The number of anilines is 1. The first kappa shape index (κ1) is 12.4. The Balaban J connectivity index is 2.68. The molecule has 3 rings (SSSR count). The standard InChI is InChI=1S/C16H17ClN2/c1-9(2)19-14-7-5-4-6-11(14)15-10(3)13(18)8-12(17)16(15)19/h4-9H,18H2,1-3H3. The monoisotopic (exact) mass is 272 g/mol. The summed E-state index contributed by atoms with van der Waals surface area (Å²) in [4.78, 5) is 0. The van der Waals surface area contributed by atoms with E-state index < -0.39 is 0 Å². The van der Waals surface area contributed by atoms with E-state index in [4.69, 9.17) is 17.3 Å². The van der Waals surface area contributed by atoms with Crippen LogP contribution in [0.2, 0.25) is 5.02 Å². The van der Waals surface area contributed by atoms with Crippen LogP contribution in [0.1, 0.15) is 25.5 Å². The fourth-order valence-electron chi connectivity index (χ4n) is 2.87. The molecule has 0 saturated heterocycles. The van der Waals surface area contributed by atoms with Crippen molar-refractivity contribution >= 4 is 39.1 Å². The topological polar surface area (TPSA) is 30.9 Å². The van der Waals surface area contributed by atoms with Crippen LogP contribution >= 0.6 is 11.6 Å². The number of hydrogen-bond donors (Lipinski definition) is 1. The molecule has 0 saturated carbocycles. The van der Waals surface area contributed by atoms with Crippen LogP contribution in [0.15, 0.2) is 30.3 Å². The van der Waals surface area contributed by atoms with Crippen molar-refractivity contribution in [1.29, 1.82) is 0 Å². The van der Waals surface area contributed by atoms with Gasteiger partial charge in [0.2, 0.25) is 0 Å². The first-order chi connectivity index (χ1) is 9.02. The van der Waals surface area contributed by atoms with Gasteiger partial charge in [-0.15, -0.1) is 0 Å². The number of nitrogens with zero attached hydrogens (tertiary/aromatic N) is 1. The van der Waals surface area contributed by atoms with Gasteiger partial charge in [-0.05, 0) is 38.5 Å². The smallest absolute Gasteiger partial charge is 0.0687 e. The Morgan fingerprint density at radius 1 is 1.21 bits per heavy atom. The molecule has 1 aromatic heterocycles. The number of hydrogen-bond acceptors (Lipinski definition) is 1. The average molecular weight is 273 g/mol. The minimum atomic E-state index is 0.350. The molecule has 19 heavy (non-hydrogen) atoms. The molecule has 0 bridgehead atoms. The number of rotatable bonds is 1. The van der Waals surface area contributed by atoms with Gasteiger partial charge in [0.25, 0.3) is 0 Å². The molecule has 0 atom stereocenters. The van der Waals surface area contributed by atoms with Gasteiger partial charge in [-0.3, -0.25) is 0 Å². The van der Waals surface area contributed by atoms with Crippen LogP contribution in [0.25, 0.3) is 21.8 Å². The molecule has 0 radical (unpaired) electrons. The molecule has 2 aromatic carbocycles. The maximum Gasteiger partial charge on any atom is 0.0687 e. The molecule has 3 heteroatoms. The molecular formula is C16H17ClN2. The lowest BCUT2D eigenvalue weighted by atomic mass is 10.1. The van der Waals surface area contributed by atoms with Crippen molar-refractivity contribution in [2.24, 2.45) is 0 Å². The summed E-state index contributed by atoms with van der Waals surface area (Å²) in [5.74, 6) is 0. The van der Waals surface area contributed by atoms with Crippen molar-refractivity contribution < 1.29 is 0 Å². The number of nitrogens with two attached hydrogens (primary N) is 1. The Morgan fingerprint density at radius 2 is 1.89 bits per heavy atom. The molecule has 1 heterocycles. The Hall–Kier alpha value is -1.67. The highest BCUT2D eigenvalue weighted by Crippen LogP contribution is 2.39. The third-order valence-electron chi connectivity index (χ3n) is 3.74. The van der Waals surface area contributed by atoms with Crippen molar-refractivity contribution in [3.05, 3.63) is 40.9 Å². The summed E-state index contributed by atoms with van der Waals surface area (Å²) >= 11 is 6.45. The lowest BCUT2D eigenvalue weighted by Crippen LogP contribution is -2.01. The van der Waals surface area contributed by atoms with Gasteiger partial charge in [0.1, 0.15) is 0 Å². The second-order valence-electron chi connectivity index (χ2n) is 5.28. The molecule has 0 unspecified atom stereocenters. The molecule has 3 aromatic rings. The summed E-state index contributed by atoms with van der Waals surface area (Å²) in [6.45, 7) is 6.41. The van der Waals surface area contributed by atoms with E-state index in [1.165, 1.54) is 16.3 Å². The lowest BCUT2D eigenvalue weighted by Gasteiger charge is -2.13. The highest BCUT2D eigenvalue weighted by Gasteiger charge is 2.18. The molecule has 2 N–H and O–H groups in total. The second-order valence-corrected chi connectivity index (χ2v) is 5.68. The number of para-hydroxylation sites is 1. The van der Waals surface area contributed by atoms with Crippen LogP contribution in [0.3, 0.4) is 0 Å². The van der Waals surface area contributed by atoms with Crippen LogP contribution in [-0.4, -0.2) is 4.57 Å². The van der Waals surface area contributed by atoms with Gasteiger partial charge >= 0.3 is 0 Å². The molecule has 0 spiro atoms. The summed E-state index contributed by atoms with van der Waals surface area (Å²) in [6, 6.07) is 10.6. The van der Waals surface area contributed by atoms with Crippen molar-refractivity contribution in [2.75, 3.05) is 5.73 Å². The van der Waals surface area contributed by atoms with E-state index >= 15 is 0 Å². The first-order valence-electron chi connectivity index (χ1n) is 6.49. The number of halogens is 1. The van der Waals surface area contributed by atoms with E-state index in [2.05, 4.69) is 49.6 Å². The molecule has 98 valence electrons. The summed E-state index contributed by atoms with van der Waals surface area (Å²) in [5.41, 5.74) is 10.2. The fraction of sp³-hybridized carbons (Fsp3) is 0.250. The van der Waals surface area contributed by atoms with Crippen LogP contribution in [0.4, 0.5) is 5.69 Å². The van der Waals surface area contributed by atoms with Gasteiger partial charge in [0.15, 0.2) is 0 Å². The quantitative estimate of drug-likeness (QED) is 0.626. The number of nitrogen functional groups attached to an aromatic ring is 1. The molecule has 0 aliphatic carbocycles. The van der Waals surface area contributed by atoms with Crippen molar-refractivity contribution in [3.63, 3.8) is 0 Å². The van der Waals surface area contributed by atoms with Crippen molar-refractivity contribution in [1.82, 2.24) is 4.57 Å². The van der Waals surface area contributed by atoms with Crippen LogP contribution in [0, 0.1) is 6.92 Å². The Kier molecular flexibility index (Phi) is 2.72. The van der Waals surface area contributed by atoms with E-state index in [1.807, 2.05) is 6.07 Å². The first-order valence-corrected chi connectivity index (χ1v) is 6.87. The number of aryl methyl sites for hydroxylation is 1. The SMILES string of the molecule is Cc1c(N)cc(Cl)c2c1c1ccccc1n2C(C)C. The maximum atomic E-state index is 6.45. The van der Waals surface area contributed by atoms with Crippen LogP contribution in [0.5, 0.6) is 0 Å². The normalized spacial score (nSPS) is 11.8. The highest BCUT2D eigenvalue weighted by molar-refractivity contribution is 6.37. The predicted octanol–water partition coefficient (Wildman–Crippen LogP) is 4.92.